The highest BCUT2D eigenvalue weighted by atomic mass is 127. The van der Waals surface area contributed by atoms with E-state index in [1.807, 2.05) is 23.1 Å². The number of amides is 1. The Hall–Kier alpha value is -0.580. The molecule has 0 spiro atoms. The van der Waals surface area contributed by atoms with E-state index < -0.39 is 0 Å². The molecule has 0 aromatic heterocycles. The second kappa shape index (κ2) is 4.29. The van der Waals surface area contributed by atoms with Gasteiger partial charge in [-0.3, -0.25) is 4.79 Å². The van der Waals surface area contributed by atoms with Crippen molar-refractivity contribution >= 4 is 28.5 Å². The van der Waals surface area contributed by atoms with Gasteiger partial charge in [-0.15, -0.1) is 0 Å². The molecule has 0 N–H and O–H groups in total. The Morgan fingerprint density at radius 2 is 2.07 bits per heavy atom. The molecule has 3 heteroatoms. The first-order valence-corrected chi connectivity index (χ1v) is 6.22. The van der Waals surface area contributed by atoms with Gasteiger partial charge in [0.15, 0.2) is 0 Å². The molecular formula is C11H12INO. The van der Waals surface area contributed by atoms with Crippen LogP contribution in [0, 0.1) is 5.92 Å². The number of nitrogens with zero attached hydrogens (tertiary/aromatic N) is 1. The number of carbonyl (C=O) groups is 1. The Morgan fingerprint density at radius 1 is 1.36 bits per heavy atom. The maximum atomic E-state index is 11.5. The summed E-state index contributed by atoms with van der Waals surface area (Å²) in [6, 6.07) is 10.1. The van der Waals surface area contributed by atoms with Crippen LogP contribution in [0.4, 0.5) is 0 Å². The number of β-lactam (4-membered cyclic amide) rings is 1. The highest BCUT2D eigenvalue weighted by Crippen LogP contribution is 2.21. The number of alkyl halides is 1. The van der Waals surface area contributed by atoms with Gasteiger partial charge < -0.3 is 4.90 Å². The van der Waals surface area contributed by atoms with Gasteiger partial charge in [0.1, 0.15) is 0 Å². The lowest BCUT2D eigenvalue weighted by molar-refractivity contribution is -0.147. The molecule has 0 radical (unpaired) electrons. The molecule has 1 aliphatic heterocycles. The molecule has 74 valence electrons. The predicted molar refractivity (Wildman–Crippen MR) is 64.2 cm³/mol. The van der Waals surface area contributed by atoms with Crippen molar-refractivity contribution < 1.29 is 4.79 Å². The summed E-state index contributed by atoms with van der Waals surface area (Å²) in [4.78, 5) is 13.4. The van der Waals surface area contributed by atoms with E-state index in [4.69, 9.17) is 0 Å². The molecule has 1 unspecified atom stereocenters. The smallest absolute Gasteiger partial charge is 0.228 e. The van der Waals surface area contributed by atoms with Crippen molar-refractivity contribution in [2.75, 3.05) is 11.0 Å². The SMILES string of the molecule is O=C1C(CI)CN1Cc1ccccc1. The third kappa shape index (κ3) is 1.92. The van der Waals surface area contributed by atoms with E-state index in [-0.39, 0.29) is 5.92 Å². The van der Waals surface area contributed by atoms with Crippen LogP contribution in [0.25, 0.3) is 0 Å². The van der Waals surface area contributed by atoms with Crippen LogP contribution in [0.2, 0.25) is 0 Å². The fourth-order valence-electron chi connectivity index (χ4n) is 1.64. The number of hydrogen-bond acceptors (Lipinski definition) is 1. The van der Waals surface area contributed by atoms with Gasteiger partial charge in [-0.25, -0.2) is 0 Å². The van der Waals surface area contributed by atoms with E-state index >= 15 is 0 Å². The van der Waals surface area contributed by atoms with Gasteiger partial charge in [-0.2, -0.15) is 0 Å². The highest BCUT2D eigenvalue weighted by Gasteiger charge is 2.35. The largest absolute Gasteiger partial charge is 0.337 e. The third-order valence-corrected chi connectivity index (χ3v) is 3.57. The van der Waals surface area contributed by atoms with Crippen molar-refractivity contribution in [1.82, 2.24) is 4.90 Å². The summed E-state index contributed by atoms with van der Waals surface area (Å²) in [5.74, 6) is 0.586. The van der Waals surface area contributed by atoms with Gasteiger partial charge in [0.05, 0.1) is 5.92 Å². The molecule has 1 aromatic rings. The number of rotatable bonds is 3. The Balaban J connectivity index is 1.92. The van der Waals surface area contributed by atoms with Crippen molar-refractivity contribution in [1.29, 1.82) is 0 Å². The molecule has 1 heterocycles. The fourth-order valence-corrected chi connectivity index (χ4v) is 2.30. The summed E-state index contributed by atoms with van der Waals surface area (Å²) < 4.78 is 0.946. The van der Waals surface area contributed by atoms with Crippen molar-refractivity contribution in [2.24, 2.45) is 5.92 Å². The first kappa shape index (κ1) is 9.96. The van der Waals surface area contributed by atoms with E-state index in [1.54, 1.807) is 0 Å². The number of likely N-dealkylation sites (tertiary alicyclic amines) is 1. The number of carbonyl (C=O) groups excluding carboxylic acids is 1. The van der Waals surface area contributed by atoms with E-state index in [0.717, 1.165) is 17.5 Å². The Bertz CT molecular complexity index is 325. The third-order valence-electron chi connectivity index (χ3n) is 2.50. The minimum absolute atomic E-state index is 0.277. The van der Waals surface area contributed by atoms with Crippen LogP contribution in [0.15, 0.2) is 30.3 Å². The quantitative estimate of drug-likeness (QED) is 0.475. The molecule has 1 fully saturated rings. The van der Waals surface area contributed by atoms with E-state index in [1.165, 1.54) is 5.56 Å². The van der Waals surface area contributed by atoms with E-state index in [2.05, 4.69) is 34.7 Å². The standard InChI is InChI=1S/C11H12INO/c12-6-10-8-13(11(10)14)7-9-4-2-1-3-5-9/h1-5,10H,6-8H2. The van der Waals surface area contributed by atoms with Gasteiger partial charge in [0.2, 0.25) is 5.91 Å². The molecule has 14 heavy (non-hydrogen) atoms. The van der Waals surface area contributed by atoms with E-state index in [0.29, 0.717) is 5.91 Å². The van der Waals surface area contributed by atoms with Gasteiger partial charge >= 0.3 is 0 Å². The normalized spacial score (nSPS) is 20.8. The summed E-state index contributed by atoms with van der Waals surface area (Å²) in [5, 5.41) is 0. The van der Waals surface area contributed by atoms with Gasteiger partial charge in [0.25, 0.3) is 0 Å². The van der Waals surface area contributed by atoms with Crippen molar-refractivity contribution in [3.63, 3.8) is 0 Å². The van der Waals surface area contributed by atoms with Crippen LogP contribution in [-0.2, 0) is 11.3 Å². The van der Waals surface area contributed by atoms with Crippen LogP contribution < -0.4 is 0 Å². The van der Waals surface area contributed by atoms with Crippen molar-refractivity contribution in [3.05, 3.63) is 35.9 Å². The maximum Gasteiger partial charge on any atom is 0.228 e. The summed E-state index contributed by atoms with van der Waals surface area (Å²) in [6.45, 7) is 1.70. The lowest BCUT2D eigenvalue weighted by atomic mass is 10.0. The number of benzene rings is 1. The van der Waals surface area contributed by atoms with Crippen LogP contribution in [-0.4, -0.2) is 21.8 Å². The molecule has 1 aromatic carbocycles. The van der Waals surface area contributed by atoms with Crippen LogP contribution in [0.5, 0.6) is 0 Å². The maximum absolute atomic E-state index is 11.5. The first-order chi connectivity index (χ1) is 6.81. The topological polar surface area (TPSA) is 20.3 Å². The van der Waals surface area contributed by atoms with Gasteiger partial charge in [-0.05, 0) is 5.56 Å². The zero-order valence-corrected chi connectivity index (χ0v) is 9.98. The molecule has 2 nitrogen and oxygen atoms in total. The molecule has 0 aliphatic carbocycles. The summed E-state index contributed by atoms with van der Waals surface area (Å²) in [6.07, 6.45) is 0. The molecule has 0 saturated carbocycles. The Kier molecular flexibility index (Phi) is 3.05. The Morgan fingerprint density at radius 3 is 2.64 bits per heavy atom. The second-order valence-corrected chi connectivity index (χ2v) is 4.44. The van der Waals surface area contributed by atoms with Crippen LogP contribution in [0.3, 0.4) is 0 Å². The number of hydrogen-bond donors (Lipinski definition) is 0. The average molecular weight is 301 g/mol. The van der Waals surface area contributed by atoms with Crippen LogP contribution in [0.1, 0.15) is 5.56 Å². The monoisotopic (exact) mass is 301 g/mol. The zero-order chi connectivity index (χ0) is 9.97. The van der Waals surface area contributed by atoms with E-state index in [9.17, 15) is 4.79 Å². The molecular weight excluding hydrogens is 289 g/mol. The minimum atomic E-state index is 0.277. The lowest BCUT2D eigenvalue weighted by Crippen LogP contribution is -2.52. The highest BCUT2D eigenvalue weighted by molar-refractivity contribution is 14.1. The first-order valence-electron chi connectivity index (χ1n) is 4.70. The summed E-state index contributed by atoms with van der Waals surface area (Å²) in [5.41, 5.74) is 1.22. The van der Waals surface area contributed by atoms with Gasteiger partial charge in [0, 0.05) is 17.5 Å². The fraction of sp³-hybridized carbons (Fsp3) is 0.364. The van der Waals surface area contributed by atoms with Crippen LogP contribution >= 0.6 is 22.6 Å². The molecule has 1 atom stereocenters. The van der Waals surface area contributed by atoms with Crippen molar-refractivity contribution in [3.8, 4) is 0 Å². The predicted octanol–water partition coefficient (Wildman–Crippen LogP) is 2.08. The van der Waals surface area contributed by atoms with Gasteiger partial charge in [-0.1, -0.05) is 52.9 Å². The summed E-state index contributed by atoms with van der Waals surface area (Å²) >= 11 is 2.27. The Labute approximate surface area is 97.4 Å². The lowest BCUT2D eigenvalue weighted by Gasteiger charge is -2.37. The second-order valence-electron chi connectivity index (χ2n) is 3.56. The summed E-state index contributed by atoms with van der Waals surface area (Å²) in [7, 11) is 0. The average Bonchev–Trinajstić information content (AvgIpc) is 2.24. The molecule has 1 saturated heterocycles. The molecule has 1 aliphatic rings. The van der Waals surface area contributed by atoms with Crippen molar-refractivity contribution in [2.45, 2.75) is 6.54 Å². The molecule has 2 rings (SSSR count). The molecule has 1 amide bonds. The molecule has 0 bridgehead atoms. The zero-order valence-electron chi connectivity index (χ0n) is 7.82. The number of halogens is 1. The minimum Gasteiger partial charge on any atom is -0.337 e.